The van der Waals surface area contributed by atoms with E-state index in [1.54, 1.807) is 18.6 Å². The van der Waals surface area contributed by atoms with Crippen LogP contribution in [0.4, 0.5) is 0 Å². The Labute approximate surface area is 99.7 Å². The quantitative estimate of drug-likeness (QED) is 0.839. The zero-order valence-electron chi connectivity index (χ0n) is 9.41. The van der Waals surface area contributed by atoms with Crippen LogP contribution in [0.25, 0.3) is 0 Å². The van der Waals surface area contributed by atoms with Gasteiger partial charge < -0.3 is 5.11 Å². The normalized spacial score (nSPS) is 21.9. The van der Waals surface area contributed by atoms with Crippen molar-refractivity contribution in [1.82, 2.24) is 4.98 Å². The molecule has 0 bridgehead atoms. The van der Waals surface area contributed by atoms with Crippen molar-refractivity contribution in [2.24, 2.45) is 4.99 Å². The van der Waals surface area contributed by atoms with Crippen molar-refractivity contribution in [3.8, 4) is 0 Å². The molecule has 1 unspecified atom stereocenters. The highest BCUT2D eigenvalue weighted by atomic mass is 16.4. The van der Waals surface area contributed by atoms with E-state index in [0.717, 1.165) is 12.0 Å². The lowest BCUT2D eigenvalue weighted by Crippen LogP contribution is -2.26. The Bertz CT molecular complexity index is 440. The SMILES string of the molecule is O=C(O)CC1(CCc2ccncc2)C=CC=N1. The number of aromatic nitrogens is 1. The van der Waals surface area contributed by atoms with Crippen molar-refractivity contribution in [1.29, 1.82) is 0 Å². The van der Waals surface area contributed by atoms with Gasteiger partial charge >= 0.3 is 5.97 Å². The monoisotopic (exact) mass is 230 g/mol. The summed E-state index contributed by atoms with van der Waals surface area (Å²) in [5.74, 6) is -0.816. The Morgan fingerprint density at radius 3 is 2.71 bits per heavy atom. The molecular weight excluding hydrogens is 216 g/mol. The zero-order chi connectivity index (χ0) is 12.1. The summed E-state index contributed by atoms with van der Waals surface area (Å²) in [5.41, 5.74) is 0.593. The molecule has 4 heteroatoms. The molecule has 4 nitrogen and oxygen atoms in total. The van der Waals surface area contributed by atoms with Crippen molar-refractivity contribution in [2.45, 2.75) is 24.8 Å². The summed E-state index contributed by atoms with van der Waals surface area (Å²) in [6.07, 6.45) is 10.4. The molecule has 88 valence electrons. The van der Waals surface area contributed by atoms with Crippen LogP contribution in [0, 0.1) is 0 Å². The number of rotatable bonds is 5. The van der Waals surface area contributed by atoms with Crippen molar-refractivity contribution in [3.63, 3.8) is 0 Å². The maximum atomic E-state index is 10.9. The summed E-state index contributed by atoms with van der Waals surface area (Å²) in [6, 6.07) is 3.88. The number of aliphatic imine (C=N–C) groups is 1. The van der Waals surface area contributed by atoms with Gasteiger partial charge in [-0.25, -0.2) is 0 Å². The number of nitrogens with zero attached hydrogens (tertiary/aromatic N) is 2. The van der Waals surface area contributed by atoms with Gasteiger partial charge in [0.05, 0.1) is 12.0 Å². The van der Waals surface area contributed by atoms with Crippen LogP contribution in [0.5, 0.6) is 0 Å². The molecule has 1 aliphatic rings. The fourth-order valence-electron chi connectivity index (χ4n) is 1.97. The van der Waals surface area contributed by atoms with E-state index < -0.39 is 11.5 Å². The summed E-state index contributed by atoms with van der Waals surface area (Å²) >= 11 is 0. The average Bonchev–Trinajstić information content (AvgIpc) is 2.76. The van der Waals surface area contributed by atoms with Crippen molar-refractivity contribution < 1.29 is 9.90 Å². The molecule has 2 rings (SSSR count). The molecule has 17 heavy (non-hydrogen) atoms. The van der Waals surface area contributed by atoms with Gasteiger partial charge in [-0.15, -0.1) is 0 Å². The minimum atomic E-state index is -0.816. The lowest BCUT2D eigenvalue weighted by Gasteiger charge is -2.22. The van der Waals surface area contributed by atoms with Gasteiger partial charge in [0.25, 0.3) is 0 Å². The average molecular weight is 230 g/mol. The van der Waals surface area contributed by atoms with Crippen LogP contribution in [0.1, 0.15) is 18.4 Å². The van der Waals surface area contributed by atoms with E-state index in [4.69, 9.17) is 5.11 Å². The Morgan fingerprint density at radius 2 is 2.12 bits per heavy atom. The minimum absolute atomic E-state index is 0.0467. The predicted octanol–water partition coefficient (Wildman–Crippen LogP) is 1.87. The van der Waals surface area contributed by atoms with E-state index >= 15 is 0 Å². The first kappa shape index (κ1) is 11.5. The van der Waals surface area contributed by atoms with Gasteiger partial charge in [-0.3, -0.25) is 14.8 Å². The number of hydrogen-bond acceptors (Lipinski definition) is 3. The maximum Gasteiger partial charge on any atom is 0.306 e. The number of carboxylic acid groups (broad SMARTS) is 1. The van der Waals surface area contributed by atoms with Gasteiger partial charge in [0.2, 0.25) is 0 Å². The third-order valence-electron chi connectivity index (χ3n) is 2.88. The second kappa shape index (κ2) is 4.91. The molecule has 2 heterocycles. The number of pyridine rings is 1. The smallest absolute Gasteiger partial charge is 0.306 e. The van der Waals surface area contributed by atoms with Crippen LogP contribution in [-0.4, -0.2) is 27.8 Å². The number of carboxylic acids is 1. The van der Waals surface area contributed by atoms with E-state index in [9.17, 15) is 4.79 Å². The molecule has 0 aromatic carbocycles. The summed E-state index contributed by atoms with van der Waals surface area (Å²) in [6.45, 7) is 0. The molecular formula is C13H14N2O2. The van der Waals surface area contributed by atoms with Gasteiger partial charge in [-0.2, -0.15) is 0 Å². The van der Waals surface area contributed by atoms with Crippen molar-refractivity contribution >= 4 is 12.2 Å². The topological polar surface area (TPSA) is 62.5 Å². The molecule has 0 fully saturated rings. The van der Waals surface area contributed by atoms with Crippen molar-refractivity contribution in [3.05, 3.63) is 42.2 Å². The number of hydrogen-bond donors (Lipinski definition) is 1. The van der Waals surface area contributed by atoms with E-state index in [-0.39, 0.29) is 6.42 Å². The Hall–Kier alpha value is -1.97. The molecule has 1 aromatic heterocycles. The van der Waals surface area contributed by atoms with Crippen LogP contribution in [-0.2, 0) is 11.2 Å². The first-order chi connectivity index (χ1) is 8.20. The molecule has 1 aromatic rings. The predicted molar refractivity (Wildman–Crippen MR) is 65.2 cm³/mol. The van der Waals surface area contributed by atoms with Crippen LogP contribution in [0.2, 0.25) is 0 Å². The van der Waals surface area contributed by atoms with Crippen LogP contribution in [0.15, 0.2) is 41.7 Å². The highest BCUT2D eigenvalue weighted by molar-refractivity contribution is 5.78. The molecule has 1 atom stereocenters. The largest absolute Gasteiger partial charge is 0.481 e. The van der Waals surface area contributed by atoms with Gasteiger partial charge in [-0.05, 0) is 36.6 Å². The Kier molecular flexibility index (Phi) is 3.32. The zero-order valence-corrected chi connectivity index (χ0v) is 9.41. The van der Waals surface area contributed by atoms with Gasteiger partial charge in [-0.1, -0.05) is 6.08 Å². The number of aryl methyl sites for hydroxylation is 1. The van der Waals surface area contributed by atoms with Gasteiger partial charge in [0.15, 0.2) is 0 Å². The highest BCUT2D eigenvalue weighted by Gasteiger charge is 2.30. The van der Waals surface area contributed by atoms with Gasteiger partial charge in [0, 0.05) is 18.6 Å². The van der Waals surface area contributed by atoms with E-state index in [0.29, 0.717) is 6.42 Å². The molecule has 1 N–H and O–H groups in total. The fraction of sp³-hybridized carbons (Fsp3) is 0.308. The third-order valence-corrected chi connectivity index (χ3v) is 2.88. The number of carbonyl (C=O) groups is 1. The molecule has 0 spiro atoms. The second-order valence-electron chi connectivity index (χ2n) is 4.17. The Morgan fingerprint density at radius 1 is 1.35 bits per heavy atom. The molecule has 0 saturated carbocycles. The molecule has 0 radical (unpaired) electrons. The number of allylic oxidation sites excluding steroid dienone is 1. The summed E-state index contributed by atoms with van der Waals surface area (Å²) in [7, 11) is 0. The van der Waals surface area contributed by atoms with Crippen LogP contribution >= 0.6 is 0 Å². The Balaban J connectivity index is 2.02. The van der Waals surface area contributed by atoms with E-state index in [1.165, 1.54) is 0 Å². The van der Waals surface area contributed by atoms with Crippen LogP contribution in [0.3, 0.4) is 0 Å². The van der Waals surface area contributed by atoms with Crippen LogP contribution < -0.4 is 0 Å². The highest BCUT2D eigenvalue weighted by Crippen LogP contribution is 2.27. The fourth-order valence-corrected chi connectivity index (χ4v) is 1.97. The lowest BCUT2D eigenvalue weighted by atomic mass is 9.89. The lowest BCUT2D eigenvalue weighted by molar-refractivity contribution is -0.138. The minimum Gasteiger partial charge on any atom is -0.481 e. The van der Waals surface area contributed by atoms with Crippen molar-refractivity contribution in [2.75, 3.05) is 0 Å². The summed E-state index contributed by atoms with van der Waals surface area (Å²) in [4.78, 5) is 19.1. The molecule has 0 saturated heterocycles. The van der Waals surface area contributed by atoms with Gasteiger partial charge in [0.1, 0.15) is 0 Å². The first-order valence-electron chi connectivity index (χ1n) is 5.54. The molecule has 0 amide bonds. The first-order valence-corrected chi connectivity index (χ1v) is 5.54. The standard InChI is InChI=1S/C13H14N2O2/c16-12(17)10-13(5-1-7-15-13)6-2-11-3-8-14-9-4-11/h1,3-5,7-9H,2,6,10H2,(H,16,17). The van der Waals surface area contributed by atoms with E-state index in [1.807, 2.05) is 24.3 Å². The number of aliphatic carboxylic acids is 1. The maximum absolute atomic E-state index is 10.9. The third kappa shape index (κ3) is 3.00. The summed E-state index contributed by atoms with van der Waals surface area (Å²) in [5, 5.41) is 8.92. The second-order valence-corrected chi connectivity index (χ2v) is 4.17. The molecule has 1 aliphatic heterocycles. The van der Waals surface area contributed by atoms with E-state index in [2.05, 4.69) is 9.98 Å². The molecule has 0 aliphatic carbocycles. The summed E-state index contributed by atoms with van der Waals surface area (Å²) < 4.78 is 0.